The molecule has 1 N–H and O–H groups in total. The molecule has 1 unspecified atom stereocenters. The minimum absolute atomic E-state index is 0.351. The van der Waals surface area contributed by atoms with Crippen LogP contribution in [-0.2, 0) is 4.79 Å². The Bertz CT molecular complexity index is 615. The number of carbonyl (C=O) groups is 1. The van der Waals surface area contributed by atoms with Gasteiger partial charge < -0.3 is 14.6 Å². The minimum atomic E-state index is -1.05. The van der Waals surface area contributed by atoms with Crippen LogP contribution in [0.2, 0.25) is 0 Å². The fourth-order valence-corrected chi connectivity index (χ4v) is 2.78. The van der Waals surface area contributed by atoms with E-state index in [-0.39, 0.29) is 0 Å². The number of aliphatic hydroxyl groups is 1. The summed E-state index contributed by atoms with van der Waals surface area (Å²) in [5.74, 6) is 0.896. The molecule has 3 rings (SSSR count). The summed E-state index contributed by atoms with van der Waals surface area (Å²) < 4.78 is 5.98. The number of hydrogen-bond acceptors (Lipinski definition) is 3. The highest BCUT2D eigenvalue weighted by Crippen LogP contribution is 2.28. The lowest BCUT2D eigenvalue weighted by Gasteiger charge is -2.14. The molecule has 1 saturated carbocycles. The molecule has 0 bridgehead atoms. The van der Waals surface area contributed by atoms with E-state index in [1.165, 1.54) is 12.8 Å². The van der Waals surface area contributed by atoms with Gasteiger partial charge in [-0.25, -0.2) is 0 Å². The number of hydrogen-bond donors (Lipinski definition) is 1. The molecule has 0 aliphatic heterocycles. The Morgan fingerprint density at radius 2 is 1.80 bits per heavy atom. The molecule has 2 aromatic rings. The van der Waals surface area contributed by atoms with Gasteiger partial charge in [0.25, 0.3) is 0 Å². The van der Waals surface area contributed by atoms with Gasteiger partial charge in [0.15, 0.2) is 6.29 Å². The second-order valence-electron chi connectivity index (χ2n) is 5.37. The SMILES string of the molecule is O=CC(O)c1ccc2cc(OC3CCCC3)ccc2c1. The van der Waals surface area contributed by atoms with Crippen LogP contribution < -0.4 is 4.74 Å². The van der Waals surface area contributed by atoms with Crippen molar-refractivity contribution < 1.29 is 14.6 Å². The van der Waals surface area contributed by atoms with E-state index in [1.807, 2.05) is 30.3 Å². The Hall–Kier alpha value is -1.87. The summed E-state index contributed by atoms with van der Waals surface area (Å²) in [5, 5.41) is 11.6. The lowest BCUT2D eigenvalue weighted by atomic mass is 10.0. The smallest absolute Gasteiger partial charge is 0.153 e. The van der Waals surface area contributed by atoms with Gasteiger partial charge in [0.05, 0.1) is 6.10 Å². The number of ether oxygens (including phenoxy) is 1. The molecule has 0 radical (unpaired) electrons. The lowest BCUT2D eigenvalue weighted by Crippen LogP contribution is -2.10. The van der Waals surface area contributed by atoms with E-state index in [4.69, 9.17) is 4.74 Å². The van der Waals surface area contributed by atoms with E-state index in [0.717, 1.165) is 29.4 Å². The Morgan fingerprint density at radius 1 is 1.10 bits per heavy atom. The molecular formula is C17H18O3. The number of carbonyl (C=O) groups excluding carboxylic acids is 1. The molecule has 3 heteroatoms. The summed E-state index contributed by atoms with van der Waals surface area (Å²) in [4.78, 5) is 10.6. The predicted octanol–water partition coefficient (Wildman–Crippen LogP) is 3.39. The van der Waals surface area contributed by atoms with Gasteiger partial charge in [0, 0.05) is 0 Å². The van der Waals surface area contributed by atoms with E-state index in [0.29, 0.717) is 18.0 Å². The highest BCUT2D eigenvalue weighted by Gasteiger charge is 2.16. The Balaban J connectivity index is 1.85. The van der Waals surface area contributed by atoms with Gasteiger partial charge in [-0.05, 0) is 60.2 Å². The van der Waals surface area contributed by atoms with Gasteiger partial charge >= 0.3 is 0 Å². The van der Waals surface area contributed by atoms with Crippen LogP contribution in [-0.4, -0.2) is 17.5 Å². The van der Waals surface area contributed by atoms with E-state index in [9.17, 15) is 9.90 Å². The fraction of sp³-hybridized carbons (Fsp3) is 0.353. The third kappa shape index (κ3) is 2.68. The second kappa shape index (κ2) is 5.63. The summed E-state index contributed by atoms with van der Waals surface area (Å²) in [5.41, 5.74) is 0.622. The molecule has 1 fully saturated rings. The average molecular weight is 270 g/mol. The minimum Gasteiger partial charge on any atom is -0.490 e. The van der Waals surface area contributed by atoms with Crippen LogP contribution in [0.5, 0.6) is 5.75 Å². The van der Waals surface area contributed by atoms with E-state index >= 15 is 0 Å². The standard InChI is InChI=1S/C17H18O3/c18-11-17(19)14-6-5-13-10-16(8-7-12(13)9-14)20-15-3-1-2-4-15/h5-11,15,17,19H,1-4H2. The first kappa shape index (κ1) is 13.1. The van der Waals surface area contributed by atoms with E-state index in [1.54, 1.807) is 6.07 Å². The van der Waals surface area contributed by atoms with Crippen LogP contribution >= 0.6 is 0 Å². The fourth-order valence-electron chi connectivity index (χ4n) is 2.78. The first-order valence-electron chi connectivity index (χ1n) is 7.10. The van der Waals surface area contributed by atoms with Crippen LogP contribution in [0, 0.1) is 0 Å². The first-order chi connectivity index (χ1) is 9.76. The molecule has 0 heterocycles. The van der Waals surface area contributed by atoms with Gasteiger partial charge in [-0.15, -0.1) is 0 Å². The average Bonchev–Trinajstić information content (AvgIpc) is 2.98. The molecule has 1 aliphatic rings. The molecule has 1 aliphatic carbocycles. The Labute approximate surface area is 118 Å². The zero-order chi connectivity index (χ0) is 13.9. The van der Waals surface area contributed by atoms with Crippen LogP contribution in [0.15, 0.2) is 36.4 Å². The van der Waals surface area contributed by atoms with Crippen LogP contribution in [0.3, 0.4) is 0 Å². The molecule has 0 spiro atoms. The first-order valence-corrected chi connectivity index (χ1v) is 7.10. The Kier molecular flexibility index (Phi) is 3.70. The zero-order valence-corrected chi connectivity index (χ0v) is 11.3. The van der Waals surface area contributed by atoms with Crippen molar-refractivity contribution in [2.24, 2.45) is 0 Å². The van der Waals surface area contributed by atoms with Crippen molar-refractivity contribution in [1.29, 1.82) is 0 Å². The maximum atomic E-state index is 10.6. The lowest BCUT2D eigenvalue weighted by molar-refractivity contribution is -0.115. The van der Waals surface area contributed by atoms with Crippen LogP contribution in [0.25, 0.3) is 10.8 Å². The number of aliphatic hydroxyl groups excluding tert-OH is 1. The maximum absolute atomic E-state index is 10.6. The quantitative estimate of drug-likeness (QED) is 0.866. The normalized spacial score (nSPS) is 17.2. The summed E-state index contributed by atoms with van der Waals surface area (Å²) in [6.07, 6.45) is 4.64. The van der Waals surface area contributed by atoms with Gasteiger partial charge in [-0.1, -0.05) is 18.2 Å². The molecule has 20 heavy (non-hydrogen) atoms. The zero-order valence-electron chi connectivity index (χ0n) is 11.3. The van der Waals surface area contributed by atoms with Crippen LogP contribution in [0.4, 0.5) is 0 Å². The molecule has 104 valence electrons. The van der Waals surface area contributed by atoms with E-state index in [2.05, 4.69) is 0 Å². The number of benzene rings is 2. The molecular weight excluding hydrogens is 252 g/mol. The largest absolute Gasteiger partial charge is 0.490 e. The summed E-state index contributed by atoms with van der Waals surface area (Å²) in [6.45, 7) is 0. The third-order valence-electron chi connectivity index (χ3n) is 3.91. The highest BCUT2D eigenvalue weighted by atomic mass is 16.5. The van der Waals surface area contributed by atoms with Gasteiger partial charge in [0.2, 0.25) is 0 Å². The van der Waals surface area contributed by atoms with Gasteiger partial charge in [-0.2, -0.15) is 0 Å². The van der Waals surface area contributed by atoms with Crippen molar-refractivity contribution in [2.45, 2.75) is 37.9 Å². The molecule has 3 nitrogen and oxygen atoms in total. The van der Waals surface area contributed by atoms with Crippen molar-refractivity contribution >= 4 is 17.1 Å². The van der Waals surface area contributed by atoms with Gasteiger partial charge in [0.1, 0.15) is 11.9 Å². The predicted molar refractivity (Wildman–Crippen MR) is 77.9 cm³/mol. The van der Waals surface area contributed by atoms with Crippen molar-refractivity contribution in [2.75, 3.05) is 0 Å². The van der Waals surface area contributed by atoms with Crippen LogP contribution in [0.1, 0.15) is 37.4 Å². The summed E-state index contributed by atoms with van der Waals surface area (Å²) in [6, 6.07) is 11.5. The second-order valence-corrected chi connectivity index (χ2v) is 5.37. The van der Waals surface area contributed by atoms with E-state index < -0.39 is 6.10 Å². The van der Waals surface area contributed by atoms with Gasteiger partial charge in [-0.3, -0.25) is 0 Å². The molecule has 0 aromatic heterocycles. The maximum Gasteiger partial charge on any atom is 0.153 e. The van der Waals surface area contributed by atoms with Crippen molar-refractivity contribution in [3.8, 4) is 5.75 Å². The number of aldehydes is 1. The monoisotopic (exact) mass is 270 g/mol. The molecule has 2 aromatic carbocycles. The Morgan fingerprint density at radius 3 is 2.55 bits per heavy atom. The molecule has 1 atom stereocenters. The van der Waals surface area contributed by atoms with Crippen molar-refractivity contribution in [3.05, 3.63) is 42.0 Å². The van der Waals surface area contributed by atoms with Crippen molar-refractivity contribution in [1.82, 2.24) is 0 Å². The summed E-state index contributed by atoms with van der Waals surface area (Å²) in [7, 11) is 0. The molecule has 0 saturated heterocycles. The number of rotatable bonds is 4. The van der Waals surface area contributed by atoms with Crippen molar-refractivity contribution in [3.63, 3.8) is 0 Å². The molecule has 0 amide bonds. The third-order valence-corrected chi connectivity index (χ3v) is 3.91. The number of fused-ring (bicyclic) bond motifs is 1. The summed E-state index contributed by atoms with van der Waals surface area (Å²) >= 11 is 0. The topological polar surface area (TPSA) is 46.5 Å². The highest BCUT2D eigenvalue weighted by molar-refractivity contribution is 5.85.